The summed E-state index contributed by atoms with van der Waals surface area (Å²) in [6.07, 6.45) is 7.50. The topological polar surface area (TPSA) is 47.3 Å². The summed E-state index contributed by atoms with van der Waals surface area (Å²) < 4.78 is 5.50. The average molecular weight is 550 g/mol. The van der Waals surface area contributed by atoms with E-state index in [0.717, 1.165) is 57.5 Å². The fourth-order valence-corrected chi connectivity index (χ4v) is 4.49. The van der Waals surface area contributed by atoms with E-state index >= 15 is 0 Å². The number of benzene rings is 1. The Morgan fingerprint density at radius 2 is 1.91 bits per heavy atom. The van der Waals surface area contributed by atoms with Crippen molar-refractivity contribution in [3.05, 3.63) is 71.7 Å². The minimum absolute atomic E-state index is 0. The molecule has 1 N–H and O–H groups in total. The van der Waals surface area contributed by atoms with Crippen LogP contribution in [0, 0.1) is 0 Å². The molecule has 0 saturated carbocycles. The highest BCUT2D eigenvalue weighted by Gasteiger charge is 2.29. The minimum atomic E-state index is 0. The maximum Gasteiger partial charge on any atom is 0.194 e. The van der Waals surface area contributed by atoms with E-state index < -0.39 is 0 Å². The van der Waals surface area contributed by atoms with Crippen molar-refractivity contribution in [3.8, 4) is 0 Å². The van der Waals surface area contributed by atoms with Crippen molar-refractivity contribution in [2.24, 2.45) is 4.99 Å². The second-order valence-corrected chi connectivity index (χ2v) is 8.50. The SMILES string of the molecule is CCNC(=NCc1ccccc1CN(C)Cc1ccco1)N1CCC(N2CC=CC2)C1.I. The van der Waals surface area contributed by atoms with E-state index in [1.807, 2.05) is 12.1 Å². The summed E-state index contributed by atoms with van der Waals surface area (Å²) in [6, 6.07) is 13.2. The first-order chi connectivity index (χ1) is 15.2. The summed E-state index contributed by atoms with van der Waals surface area (Å²) >= 11 is 0. The first-order valence-electron chi connectivity index (χ1n) is 11.4. The summed E-state index contributed by atoms with van der Waals surface area (Å²) in [6.45, 7) is 9.70. The number of nitrogens with zero attached hydrogens (tertiary/aromatic N) is 4. The van der Waals surface area contributed by atoms with Crippen molar-refractivity contribution in [2.75, 3.05) is 39.8 Å². The fourth-order valence-electron chi connectivity index (χ4n) is 4.49. The van der Waals surface area contributed by atoms with E-state index in [-0.39, 0.29) is 24.0 Å². The molecule has 1 aromatic carbocycles. The van der Waals surface area contributed by atoms with Gasteiger partial charge in [-0.2, -0.15) is 0 Å². The van der Waals surface area contributed by atoms with E-state index in [1.54, 1.807) is 6.26 Å². The van der Waals surface area contributed by atoms with Crippen LogP contribution in [0.3, 0.4) is 0 Å². The van der Waals surface area contributed by atoms with Gasteiger partial charge >= 0.3 is 0 Å². The molecule has 0 spiro atoms. The summed E-state index contributed by atoms with van der Waals surface area (Å²) in [5, 5.41) is 3.51. The molecule has 4 rings (SSSR count). The van der Waals surface area contributed by atoms with Crippen LogP contribution in [-0.4, -0.2) is 66.5 Å². The van der Waals surface area contributed by atoms with Gasteiger partial charge in [-0.1, -0.05) is 36.4 Å². The molecule has 6 nitrogen and oxygen atoms in total. The van der Waals surface area contributed by atoms with Crippen molar-refractivity contribution in [3.63, 3.8) is 0 Å². The second kappa shape index (κ2) is 12.4. The van der Waals surface area contributed by atoms with Gasteiger partial charge < -0.3 is 14.6 Å². The van der Waals surface area contributed by atoms with Gasteiger partial charge in [0.2, 0.25) is 0 Å². The monoisotopic (exact) mass is 549 g/mol. The Labute approximate surface area is 209 Å². The first kappa shape index (κ1) is 24.8. The van der Waals surface area contributed by atoms with Gasteiger partial charge in [0.05, 0.1) is 19.4 Å². The van der Waals surface area contributed by atoms with Gasteiger partial charge in [0.15, 0.2) is 5.96 Å². The Bertz CT molecular complexity index is 874. The highest BCUT2D eigenvalue weighted by atomic mass is 127. The van der Waals surface area contributed by atoms with E-state index in [9.17, 15) is 0 Å². The average Bonchev–Trinajstić information content (AvgIpc) is 3.54. The molecule has 32 heavy (non-hydrogen) atoms. The Balaban J connectivity index is 0.00000289. The van der Waals surface area contributed by atoms with E-state index in [1.165, 1.54) is 17.5 Å². The molecule has 0 amide bonds. The zero-order valence-electron chi connectivity index (χ0n) is 19.2. The van der Waals surface area contributed by atoms with Crippen molar-refractivity contribution >= 4 is 29.9 Å². The normalized spacial score (nSPS) is 19.0. The van der Waals surface area contributed by atoms with Crippen LogP contribution in [0.5, 0.6) is 0 Å². The number of aliphatic imine (C=N–C) groups is 1. The van der Waals surface area contributed by atoms with Crippen LogP contribution in [0.1, 0.15) is 30.2 Å². The summed E-state index contributed by atoms with van der Waals surface area (Å²) in [7, 11) is 2.13. The predicted molar refractivity (Wildman–Crippen MR) is 141 cm³/mol. The standard InChI is InChI=1S/C25H35N5O.HI/c1-3-26-25(30-15-12-23(19-30)29-13-6-7-14-29)27-17-21-9-4-5-10-22(21)18-28(2)20-24-11-8-16-31-24;/h4-11,16,23H,3,12-15,17-20H2,1-2H3,(H,26,27);1H. The molecule has 0 radical (unpaired) electrons. The summed E-state index contributed by atoms with van der Waals surface area (Å²) in [5.41, 5.74) is 2.60. The lowest BCUT2D eigenvalue weighted by atomic mass is 10.1. The summed E-state index contributed by atoms with van der Waals surface area (Å²) in [5.74, 6) is 2.03. The Morgan fingerprint density at radius 3 is 2.62 bits per heavy atom. The molecule has 1 unspecified atom stereocenters. The lowest BCUT2D eigenvalue weighted by Crippen LogP contribution is -2.42. The molecule has 2 aliphatic rings. The number of hydrogen-bond acceptors (Lipinski definition) is 4. The van der Waals surface area contributed by atoms with Crippen LogP contribution in [0.25, 0.3) is 0 Å². The molecule has 1 atom stereocenters. The lowest BCUT2D eigenvalue weighted by molar-refractivity contribution is 0.259. The molecule has 0 bridgehead atoms. The zero-order chi connectivity index (χ0) is 21.5. The maximum atomic E-state index is 5.50. The number of rotatable bonds is 8. The van der Waals surface area contributed by atoms with Crippen LogP contribution in [0.2, 0.25) is 0 Å². The van der Waals surface area contributed by atoms with E-state index in [0.29, 0.717) is 12.6 Å². The van der Waals surface area contributed by atoms with Crippen molar-refractivity contribution in [1.29, 1.82) is 0 Å². The summed E-state index contributed by atoms with van der Waals surface area (Å²) in [4.78, 5) is 12.3. The molecule has 3 heterocycles. The highest BCUT2D eigenvalue weighted by molar-refractivity contribution is 14.0. The van der Waals surface area contributed by atoms with E-state index in [4.69, 9.17) is 9.41 Å². The van der Waals surface area contributed by atoms with Crippen LogP contribution in [-0.2, 0) is 19.6 Å². The number of hydrogen-bond donors (Lipinski definition) is 1. The van der Waals surface area contributed by atoms with Crippen molar-refractivity contribution in [1.82, 2.24) is 20.0 Å². The zero-order valence-corrected chi connectivity index (χ0v) is 21.6. The lowest BCUT2D eigenvalue weighted by Gasteiger charge is -2.25. The third-order valence-corrected chi connectivity index (χ3v) is 6.12. The third-order valence-electron chi connectivity index (χ3n) is 6.12. The predicted octanol–water partition coefficient (Wildman–Crippen LogP) is 3.94. The van der Waals surface area contributed by atoms with Crippen molar-refractivity contribution < 1.29 is 4.42 Å². The van der Waals surface area contributed by atoms with Gasteiger partial charge in [0.25, 0.3) is 0 Å². The smallest absolute Gasteiger partial charge is 0.194 e. The quantitative estimate of drug-likeness (QED) is 0.234. The number of likely N-dealkylation sites (tertiary alicyclic amines) is 1. The number of halogens is 1. The molecule has 1 aromatic heterocycles. The molecule has 2 aromatic rings. The number of nitrogens with one attached hydrogen (secondary N) is 1. The number of furan rings is 1. The highest BCUT2D eigenvalue weighted by Crippen LogP contribution is 2.19. The minimum Gasteiger partial charge on any atom is -0.468 e. The fraction of sp³-hybridized carbons (Fsp3) is 0.480. The van der Waals surface area contributed by atoms with Crippen LogP contribution >= 0.6 is 24.0 Å². The van der Waals surface area contributed by atoms with Crippen LogP contribution in [0.15, 0.2) is 64.2 Å². The van der Waals surface area contributed by atoms with Crippen LogP contribution in [0.4, 0.5) is 0 Å². The molecule has 1 saturated heterocycles. The van der Waals surface area contributed by atoms with Crippen LogP contribution < -0.4 is 5.32 Å². The molecule has 174 valence electrons. The second-order valence-electron chi connectivity index (χ2n) is 8.50. The molecule has 7 heteroatoms. The van der Waals surface area contributed by atoms with Gasteiger partial charge in [0, 0.05) is 45.3 Å². The molecular weight excluding hydrogens is 513 g/mol. The van der Waals surface area contributed by atoms with Crippen molar-refractivity contribution in [2.45, 2.75) is 39.0 Å². The van der Waals surface area contributed by atoms with Gasteiger partial charge in [-0.3, -0.25) is 9.80 Å². The molecule has 0 aliphatic carbocycles. The van der Waals surface area contributed by atoms with Gasteiger partial charge in [0.1, 0.15) is 5.76 Å². The van der Waals surface area contributed by atoms with Gasteiger partial charge in [-0.15, -0.1) is 24.0 Å². The Morgan fingerprint density at radius 1 is 1.12 bits per heavy atom. The van der Waals surface area contributed by atoms with Gasteiger partial charge in [-0.25, -0.2) is 4.99 Å². The Kier molecular flexibility index (Phi) is 9.62. The van der Waals surface area contributed by atoms with E-state index in [2.05, 4.69) is 70.4 Å². The first-order valence-corrected chi connectivity index (χ1v) is 11.4. The molecule has 2 aliphatic heterocycles. The molecular formula is C25H36IN5O. The third kappa shape index (κ3) is 6.59. The molecule has 1 fully saturated rings. The maximum absolute atomic E-state index is 5.50. The largest absolute Gasteiger partial charge is 0.468 e. The van der Waals surface area contributed by atoms with Gasteiger partial charge in [-0.05, 0) is 43.7 Å². The number of guanidine groups is 1. The Hall–Kier alpha value is -1.84.